The van der Waals surface area contributed by atoms with E-state index in [-0.39, 0.29) is 6.04 Å². The Morgan fingerprint density at radius 2 is 1.94 bits per heavy atom. The van der Waals surface area contributed by atoms with Crippen LogP contribution in [0.1, 0.15) is 37.2 Å². The molecule has 0 fully saturated rings. The molecule has 2 rings (SSSR count). The Morgan fingerprint density at radius 3 is 2.50 bits per heavy atom. The standard InChI is InChI=1S/C14H18ClN3/c1-10(2)14-17-7-8-18(14)13(9-16)11-3-5-12(15)6-4-11/h3-8,10,13H,9,16H2,1-2H3. The van der Waals surface area contributed by atoms with Gasteiger partial charge in [-0.05, 0) is 17.7 Å². The van der Waals surface area contributed by atoms with Crippen LogP contribution in [0.5, 0.6) is 0 Å². The largest absolute Gasteiger partial charge is 0.328 e. The van der Waals surface area contributed by atoms with Crippen LogP contribution in [0.2, 0.25) is 5.02 Å². The van der Waals surface area contributed by atoms with Crippen molar-refractivity contribution in [2.75, 3.05) is 6.54 Å². The highest BCUT2D eigenvalue weighted by molar-refractivity contribution is 6.30. The molecule has 1 heterocycles. The molecule has 1 atom stereocenters. The highest BCUT2D eigenvalue weighted by Crippen LogP contribution is 2.23. The highest BCUT2D eigenvalue weighted by atomic mass is 35.5. The summed E-state index contributed by atoms with van der Waals surface area (Å²) in [4.78, 5) is 4.41. The predicted molar refractivity (Wildman–Crippen MR) is 75.0 cm³/mol. The summed E-state index contributed by atoms with van der Waals surface area (Å²) < 4.78 is 2.15. The molecular formula is C14H18ClN3. The second kappa shape index (κ2) is 5.55. The van der Waals surface area contributed by atoms with Crippen molar-refractivity contribution in [2.24, 2.45) is 5.73 Å². The minimum absolute atomic E-state index is 0.113. The number of benzene rings is 1. The number of nitrogens with two attached hydrogens (primary N) is 1. The van der Waals surface area contributed by atoms with Gasteiger partial charge in [0.2, 0.25) is 0 Å². The van der Waals surface area contributed by atoms with Gasteiger partial charge < -0.3 is 10.3 Å². The third-order valence-corrected chi connectivity index (χ3v) is 3.28. The molecule has 0 spiro atoms. The highest BCUT2D eigenvalue weighted by Gasteiger charge is 2.16. The summed E-state index contributed by atoms with van der Waals surface area (Å²) in [5.41, 5.74) is 7.08. The molecule has 1 aromatic carbocycles. The number of hydrogen-bond acceptors (Lipinski definition) is 2. The maximum Gasteiger partial charge on any atom is 0.111 e. The molecule has 2 aromatic rings. The smallest absolute Gasteiger partial charge is 0.111 e. The van der Waals surface area contributed by atoms with Crippen molar-refractivity contribution >= 4 is 11.6 Å². The number of hydrogen-bond donors (Lipinski definition) is 1. The second-order valence-corrected chi connectivity index (χ2v) is 5.09. The molecule has 0 bridgehead atoms. The zero-order chi connectivity index (χ0) is 13.1. The fraction of sp³-hybridized carbons (Fsp3) is 0.357. The minimum atomic E-state index is 0.113. The average molecular weight is 264 g/mol. The van der Waals surface area contributed by atoms with E-state index in [0.717, 1.165) is 16.4 Å². The lowest BCUT2D eigenvalue weighted by Gasteiger charge is -2.21. The molecule has 96 valence electrons. The number of imidazole rings is 1. The fourth-order valence-corrected chi connectivity index (χ4v) is 2.26. The molecule has 0 aliphatic carbocycles. The van der Waals surface area contributed by atoms with Crippen molar-refractivity contribution in [3.63, 3.8) is 0 Å². The Hall–Kier alpha value is -1.32. The molecule has 0 radical (unpaired) electrons. The van der Waals surface area contributed by atoms with Gasteiger partial charge in [0.15, 0.2) is 0 Å². The van der Waals surface area contributed by atoms with Crippen LogP contribution in [-0.2, 0) is 0 Å². The molecule has 0 saturated heterocycles. The third-order valence-electron chi connectivity index (χ3n) is 3.03. The Kier molecular flexibility index (Phi) is 4.04. The van der Waals surface area contributed by atoms with Gasteiger partial charge in [-0.25, -0.2) is 4.98 Å². The van der Waals surface area contributed by atoms with Gasteiger partial charge >= 0.3 is 0 Å². The summed E-state index contributed by atoms with van der Waals surface area (Å²) in [6.07, 6.45) is 3.81. The van der Waals surface area contributed by atoms with Crippen LogP contribution in [0.3, 0.4) is 0 Å². The Balaban J connectivity index is 2.39. The van der Waals surface area contributed by atoms with E-state index >= 15 is 0 Å². The van der Waals surface area contributed by atoms with Crippen molar-refractivity contribution in [3.8, 4) is 0 Å². The minimum Gasteiger partial charge on any atom is -0.328 e. The Morgan fingerprint density at radius 1 is 1.28 bits per heavy atom. The quantitative estimate of drug-likeness (QED) is 0.921. The van der Waals surface area contributed by atoms with E-state index in [1.807, 2.05) is 36.7 Å². The van der Waals surface area contributed by atoms with Crippen LogP contribution < -0.4 is 5.73 Å². The molecule has 1 aromatic heterocycles. The summed E-state index contributed by atoms with van der Waals surface area (Å²) in [7, 11) is 0. The summed E-state index contributed by atoms with van der Waals surface area (Å²) in [5, 5.41) is 0.740. The van der Waals surface area contributed by atoms with Crippen molar-refractivity contribution in [1.82, 2.24) is 9.55 Å². The van der Waals surface area contributed by atoms with Crippen LogP contribution in [0, 0.1) is 0 Å². The van der Waals surface area contributed by atoms with E-state index < -0.39 is 0 Å². The summed E-state index contributed by atoms with van der Waals surface area (Å²) >= 11 is 5.92. The second-order valence-electron chi connectivity index (χ2n) is 4.65. The normalized spacial score (nSPS) is 12.9. The lowest BCUT2D eigenvalue weighted by Crippen LogP contribution is -2.22. The Labute approximate surface area is 113 Å². The van der Waals surface area contributed by atoms with Gasteiger partial charge in [-0.2, -0.15) is 0 Å². The van der Waals surface area contributed by atoms with E-state index in [2.05, 4.69) is 23.4 Å². The first kappa shape index (κ1) is 13.1. The van der Waals surface area contributed by atoms with E-state index in [9.17, 15) is 0 Å². The lowest BCUT2D eigenvalue weighted by molar-refractivity contribution is 0.548. The van der Waals surface area contributed by atoms with Gasteiger partial charge in [-0.1, -0.05) is 37.6 Å². The molecule has 0 saturated carbocycles. The van der Waals surface area contributed by atoms with Crippen LogP contribution in [-0.4, -0.2) is 16.1 Å². The van der Waals surface area contributed by atoms with Gasteiger partial charge in [-0.15, -0.1) is 0 Å². The van der Waals surface area contributed by atoms with Crippen molar-refractivity contribution in [1.29, 1.82) is 0 Å². The maximum absolute atomic E-state index is 5.92. The van der Waals surface area contributed by atoms with Crippen LogP contribution in [0.4, 0.5) is 0 Å². The molecule has 0 aliphatic rings. The predicted octanol–water partition coefficient (Wildman–Crippen LogP) is 3.21. The average Bonchev–Trinajstić information content (AvgIpc) is 2.82. The van der Waals surface area contributed by atoms with Gasteiger partial charge in [-0.3, -0.25) is 0 Å². The molecule has 0 aliphatic heterocycles. The zero-order valence-electron chi connectivity index (χ0n) is 10.7. The maximum atomic E-state index is 5.92. The summed E-state index contributed by atoms with van der Waals surface area (Å²) in [6.45, 7) is 4.81. The molecule has 4 heteroatoms. The first-order valence-corrected chi connectivity index (χ1v) is 6.49. The van der Waals surface area contributed by atoms with E-state index in [1.165, 1.54) is 0 Å². The first-order chi connectivity index (χ1) is 8.63. The number of rotatable bonds is 4. The summed E-state index contributed by atoms with van der Waals surface area (Å²) in [6, 6.07) is 7.94. The summed E-state index contributed by atoms with van der Waals surface area (Å²) in [5.74, 6) is 1.43. The van der Waals surface area contributed by atoms with Gasteiger partial charge in [0, 0.05) is 29.9 Å². The SMILES string of the molecule is CC(C)c1nccn1C(CN)c1ccc(Cl)cc1. The molecule has 0 amide bonds. The lowest BCUT2D eigenvalue weighted by atomic mass is 10.1. The molecule has 3 nitrogen and oxygen atoms in total. The van der Waals surface area contributed by atoms with Crippen LogP contribution in [0.25, 0.3) is 0 Å². The van der Waals surface area contributed by atoms with Crippen LogP contribution in [0.15, 0.2) is 36.7 Å². The van der Waals surface area contributed by atoms with Crippen molar-refractivity contribution in [3.05, 3.63) is 53.1 Å². The Bertz CT molecular complexity index is 502. The number of aromatic nitrogens is 2. The topological polar surface area (TPSA) is 43.8 Å². The van der Waals surface area contributed by atoms with E-state index in [1.54, 1.807) is 0 Å². The molecule has 18 heavy (non-hydrogen) atoms. The number of nitrogens with zero attached hydrogens (tertiary/aromatic N) is 2. The third kappa shape index (κ3) is 2.57. The van der Waals surface area contributed by atoms with E-state index in [0.29, 0.717) is 12.5 Å². The molecule has 1 unspecified atom stereocenters. The molecule has 2 N–H and O–H groups in total. The molecular weight excluding hydrogens is 246 g/mol. The monoisotopic (exact) mass is 263 g/mol. The van der Waals surface area contributed by atoms with Crippen molar-refractivity contribution in [2.45, 2.75) is 25.8 Å². The van der Waals surface area contributed by atoms with Crippen LogP contribution >= 0.6 is 11.6 Å². The van der Waals surface area contributed by atoms with Gasteiger partial charge in [0.1, 0.15) is 5.82 Å². The van der Waals surface area contributed by atoms with Gasteiger partial charge in [0.05, 0.1) is 6.04 Å². The van der Waals surface area contributed by atoms with Gasteiger partial charge in [0.25, 0.3) is 0 Å². The fourth-order valence-electron chi connectivity index (χ4n) is 2.13. The number of halogens is 1. The van der Waals surface area contributed by atoms with E-state index in [4.69, 9.17) is 17.3 Å². The van der Waals surface area contributed by atoms with Crippen molar-refractivity contribution < 1.29 is 0 Å². The zero-order valence-corrected chi connectivity index (χ0v) is 11.4. The first-order valence-electron chi connectivity index (χ1n) is 6.11.